The highest BCUT2D eigenvalue weighted by molar-refractivity contribution is 7.89. The van der Waals surface area contributed by atoms with Crippen molar-refractivity contribution >= 4 is 30.0 Å². The molecule has 10 heteroatoms. The third-order valence-corrected chi connectivity index (χ3v) is 14.5. The number of amides is 1. The summed E-state index contributed by atoms with van der Waals surface area (Å²) < 4.78 is 40.9. The number of Topliss-reactive ketones (excluding diaryl/α,β-unsaturated/α-hetero) is 1. The number of methoxy groups -OCH3 is 1. The van der Waals surface area contributed by atoms with Crippen LogP contribution in [0.4, 0.5) is 0 Å². The van der Waals surface area contributed by atoms with E-state index in [2.05, 4.69) is 43.9 Å². The van der Waals surface area contributed by atoms with Crippen molar-refractivity contribution in [2.45, 2.75) is 108 Å². The number of sulfonamides is 1. The molecular formula is C27H44N2O6SSi. The van der Waals surface area contributed by atoms with Gasteiger partial charge in [0.1, 0.15) is 5.75 Å². The van der Waals surface area contributed by atoms with Crippen LogP contribution < -0.4 is 14.8 Å². The first kappa shape index (κ1) is 29.8. The highest BCUT2D eigenvalue weighted by Crippen LogP contribution is 2.40. The van der Waals surface area contributed by atoms with Crippen LogP contribution in [0, 0.1) is 11.8 Å². The van der Waals surface area contributed by atoms with Gasteiger partial charge in [0.25, 0.3) is 0 Å². The van der Waals surface area contributed by atoms with Crippen molar-refractivity contribution in [3.63, 3.8) is 0 Å². The Morgan fingerprint density at radius 3 is 2.30 bits per heavy atom. The van der Waals surface area contributed by atoms with Gasteiger partial charge in [-0.25, -0.2) is 13.1 Å². The molecule has 1 aromatic carbocycles. The summed E-state index contributed by atoms with van der Waals surface area (Å²) in [7, 11) is -4.45. The molecule has 0 spiro atoms. The standard InChI is InChI=1S/C27H44N2O6SSi/c1-17(24-23(26(31)28-24)18(2)35-37(7,8)27(3,4)5)25(30)21-16-20(14-15-22(21)34-6)36(32,33)29-19-12-10-9-11-13-19/h14-19,23-24,29H,9-13H2,1-8H3,(H,28,31)/t17-,18-,23-,24-/m1/s1. The molecular weight excluding hydrogens is 508 g/mol. The lowest BCUT2D eigenvalue weighted by Gasteiger charge is -2.47. The summed E-state index contributed by atoms with van der Waals surface area (Å²) >= 11 is 0. The van der Waals surface area contributed by atoms with E-state index in [0.29, 0.717) is 5.75 Å². The molecule has 1 aliphatic carbocycles. The van der Waals surface area contributed by atoms with E-state index < -0.39 is 36.2 Å². The maximum absolute atomic E-state index is 13.7. The summed E-state index contributed by atoms with van der Waals surface area (Å²) in [6, 6.07) is 3.88. The van der Waals surface area contributed by atoms with Crippen molar-refractivity contribution in [1.29, 1.82) is 0 Å². The molecule has 208 valence electrons. The minimum Gasteiger partial charge on any atom is -0.496 e. The third kappa shape index (κ3) is 6.46. The molecule has 2 N–H and O–H groups in total. The molecule has 1 saturated heterocycles. The molecule has 0 aromatic heterocycles. The summed E-state index contributed by atoms with van der Waals surface area (Å²) in [5.74, 6) is -1.15. The van der Waals surface area contributed by atoms with Crippen LogP contribution >= 0.6 is 0 Å². The summed E-state index contributed by atoms with van der Waals surface area (Å²) in [5, 5.41) is 2.88. The van der Waals surface area contributed by atoms with E-state index >= 15 is 0 Å². The zero-order valence-corrected chi connectivity index (χ0v) is 25.3. The molecule has 2 fully saturated rings. The van der Waals surface area contributed by atoms with Crippen molar-refractivity contribution in [3.8, 4) is 5.75 Å². The summed E-state index contributed by atoms with van der Waals surface area (Å²) in [4.78, 5) is 26.3. The van der Waals surface area contributed by atoms with E-state index in [1.54, 1.807) is 6.92 Å². The number of ether oxygens (including phenoxy) is 1. The minimum absolute atomic E-state index is 0.0105. The molecule has 1 aromatic rings. The van der Waals surface area contributed by atoms with Gasteiger partial charge in [0.15, 0.2) is 14.1 Å². The van der Waals surface area contributed by atoms with Crippen molar-refractivity contribution in [1.82, 2.24) is 10.0 Å². The van der Waals surface area contributed by atoms with E-state index in [0.717, 1.165) is 32.1 Å². The summed E-state index contributed by atoms with van der Waals surface area (Å²) in [6.45, 7) is 14.4. The first-order valence-electron chi connectivity index (χ1n) is 13.3. The monoisotopic (exact) mass is 552 g/mol. The molecule has 3 rings (SSSR count). The van der Waals surface area contributed by atoms with Gasteiger partial charge in [0, 0.05) is 12.0 Å². The Hall–Kier alpha value is -1.75. The Morgan fingerprint density at radius 2 is 1.76 bits per heavy atom. The van der Waals surface area contributed by atoms with Gasteiger partial charge in [0.05, 0.1) is 35.6 Å². The minimum atomic E-state index is -3.79. The van der Waals surface area contributed by atoms with E-state index in [-0.39, 0.29) is 39.3 Å². The molecule has 1 amide bonds. The van der Waals surface area contributed by atoms with Crippen molar-refractivity contribution in [3.05, 3.63) is 23.8 Å². The molecule has 8 nitrogen and oxygen atoms in total. The first-order chi connectivity index (χ1) is 17.1. The van der Waals surface area contributed by atoms with E-state index in [9.17, 15) is 18.0 Å². The van der Waals surface area contributed by atoms with Crippen LogP contribution in [0.1, 0.15) is 77.1 Å². The number of ketones is 1. The second-order valence-electron chi connectivity index (χ2n) is 12.1. The molecule has 37 heavy (non-hydrogen) atoms. The van der Waals surface area contributed by atoms with Crippen LogP contribution in [0.3, 0.4) is 0 Å². The van der Waals surface area contributed by atoms with E-state index in [1.807, 2.05) is 6.92 Å². The fraction of sp³-hybridized carbons (Fsp3) is 0.704. The normalized spacial score (nSPS) is 23.1. The number of carbonyl (C=O) groups excluding carboxylic acids is 2. The summed E-state index contributed by atoms with van der Waals surface area (Å²) in [6.07, 6.45) is 4.41. The van der Waals surface area contributed by atoms with Gasteiger partial charge in [0.2, 0.25) is 15.9 Å². The Kier molecular flexibility index (Phi) is 8.99. The van der Waals surface area contributed by atoms with Gasteiger partial charge in [-0.15, -0.1) is 0 Å². The number of hydrogen-bond donors (Lipinski definition) is 2. The fourth-order valence-electron chi connectivity index (χ4n) is 5.04. The van der Waals surface area contributed by atoms with Crippen LogP contribution in [-0.4, -0.2) is 53.7 Å². The van der Waals surface area contributed by atoms with Crippen LogP contribution in [0.2, 0.25) is 18.1 Å². The predicted octanol–water partition coefficient (Wildman–Crippen LogP) is 4.65. The number of hydrogen-bond acceptors (Lipinski definition) is 6. The van der Waals surface area contributed by atoms with Gasteiger partial charge in [-0.1, -0.05) is 47.0 Å². The van der Waals surface area contributed by atoms with Crippen LogP contribution in [0.5, 0.6) is 5.75 Å². The SMILES string of the molecule is COc1ccc(S(=O)(=O)NC2CCCCC2)cc1C(=O)[C@H](C)[C@H]1NC(=O)[C@@H]1[C@@H](C)O[Si](C)(C)C(C)(C)C. The van der Waals surface area contributed by atoms with Gasteiger partial charge < -0.3 is 14.5 Å². The van der Waals surface area contributed by atoms with Gasteiger partial charge in [-0.3, -0.25) is 9.59 Å². The Morgan fingerprint density at radius 1 is 1.14 bits per heavy atom. The predicted molar refractivity (Wildman–Crippen MR) is 147 cm³/mol. The molecule has 1 heterocycles. The number of carbonyl (C=O) groups is 2. The fourth-order valence-corrected chi connectivity index (χ4v) is 7.80. The zero-order valence-electron chi connectivity index (χ0n) is 23.5. The van der Waals surface area contributed by atoms with Crippen LogP contribution in [0.15, 0.2) is 23.1 Å². The van der Waals surface area contributed by atoms with Gasteiger partial charge >= 0.3 is 0 Å². The third-order valence-electron chi connectivity index (χ3n) is 8.42. The van der Waals surface area contributed by atoms with Crippen LogP contribution in [-0.2, 0) is 19.2 Å². The van der Waals surface area contributed by atoms with E-state index in [1.165, 1.54) is 25.3 Å². The van der Waals surface area contributed by atoms with Crippen molar-refractivity contribution in [2.24, 2.45) is 11.8 Å². The highest BCUT2D eigenvalue weighted by atomic mass is 32.2. The number of β-lactam (4-membered cyclic amide) rings is 1. The topological polar surface area (TPSA) is 111 Å². The largest absolute Gasteiger partial charge is 0.496 e. The number of rotatable bonds is 10. The maximum atomic E-state index is 13.7. The molecule has 0 unspecified atom stereocenters. The molecule has 2 aliphatic rings. The van der Waals surface area contributed by atoms with Crippen molar-refractivity contribution in [2.75, 3.05) is 7.11 Å². The highest BCUT2D eigenvalue weighted by Gasteiger charge is 2.50. The number of benzene rings is 1. The van der Waals surface area contributed by atoms with E-state index in [4.69, 9.17) is 9.16 Å². The van der Waals surface area contributed by atoms with Gasteiger partial charge in [-0.05, 0) is 56.1 Å². The van der Waals surface area contributed by atoms with Crippen molar-refractivity contribution < 1.29 is 27.2 Å². The molecule has 0 radical (unpaired) electrons. The lowest BCUT2D eigenvalue weighted by atomic mass is 9.76. The Labute approximate surface area is 223 Å². The summed E-state index contributed by atoms with van der Waals surface area (Å²) in [5.41, 5.74) is 0.194. The maximum Gasteiger partial charge on any atom is 0.240 e. The lowest BCUT2D eigenvalue weighted by molar-refractivity contribution is -0.141. The Bertz CT molecular complexity index is 1110. The lowest BCUT2D eigenvalue weighted by Crippen LogP contribution is -2.66. The number of nitrogens with one attached hydrogen (secondary N) is 2. The molecule has 4 atom stereocenters. The zero-order chi connectivity index (χ0) is 27.8. The van der Waals surface area contributed by atoms with Crippen LogP contribution in [0.25, 0.3) is 0 Å². The van der Waals surface area contributed by atoms with Gasteiger partial charge in [-0.2, -0.15) is 0 Å². The Balaban J connectivity index is 1.82. The smallest absolute Gasteiger partial charge is 0.240 e. The molecule has 0 bridgehead atoms. The second kappa shape index (κ2) is 11.2. The average molecular weight is 553 g/mol. The average Bonchev–Trinajstić information content (AvgIpc) is 2.80. The first-order valence-corrected chi connectivity index (χ1v) is 17.7. The second-order valence-corrected chi connectivity index (χ2v) is 18.6. The molecule has 1 aliphatic heterocycles. The quantitative estimate of drug-likeness (QED) is 0.248. The molecule has 1 saturated carbocycles.